The summed E-state index contributed by atoms with van der Waals surface area (Å²) in [7, 11) is 1.96. The molecule has 3 heterocycles. The number of nitrogens with one attached hydrogen (secondary N) is 2. The average Bonchev–Trinajstić information content (AvgIpc) is 3.55. The van der Waals surface area contributed by atoms with E-state index in [4.69, 9.17) is 9.47 Å². The highest BCUT2D eigenvalue weighted by molar-refractivity contribution is 9.10. The number of amides is 1. The summed E-state index contributed by atoms with van der Waals surface area (Å²) in [5.41, 5.74) is 5.51. The van der Waals surface area contributed by atoms with E-state index in [-0.39, 0.29) is 12.7 Å². The summed E-state index contributed by atoms with van der Waals surface area (Å²) in [6, 6.07) is 19.4. The fourth-order valence-corrected chi connectivity index (χ4v) is 4.58. The van der Waals surface area contributed by atoms with Crippen LogP contribution < -0.4 is 20.1 Å². The zero-order valence-electron chi connectivity index (χ0n) is 18.1. The number of fused-ring (bicyclic) bond motifs is 2. The molecule has 168 valence electrons. The van der Waals surface area contributed by atoms with Gasteiger partial charge in [0.15, 0.2) is 11.5 Å². The number of aromatic nitrogens is 2. The second-order valence-corrected chi connectivity index (χ2v) is 8.94. The molecule has 4 aromatic rings. The van der Waals surface area contributed by atoms with Gasteiger partial charge >= 0.3 is 0 Å². The minimum atomic E-state index is -0.169. The third-order valence-electron chi connectivity index (χ3n) is 5.87. The van der Waals surface area contributed by atoms with Crippen molar-refractivity contribution in [3.63, 3.8) is 0 Å². The summed E-state index contributed by atoms with van der Waals surface area (Å²) in [6.07, 6.45) is 3.69. The average molecular weight is 515 g/mol. The second-order valence-electron chi connectivity index (χ2n) is 8.03. The van der Waals surface area contributed by atoms with Crippen molar-refractivity contribution < 1.29 is 14.3 Å². The van der Waals surface area contributed by atoms with Gasteiger partial charge in [0, 0.05) is 46.3 Å². The minimum absolute atomic E-state index is 0.169. The zero-order chi connectivity index (χ0) is 23.2. The van der Waals surface area contributed by atoms with E-state index in [1.54, 1.807) is 6.20 Å². The lowest BCUT2D eigenvalue weighted by Crippen LogP contribution is -2.10. The molecule has 2 aliphatic rings. The molecule has 8 heteroatoms. The van der Waals surface area contributed by atoms with Crippen molar-refractivity contribution in [3.8, 4) is 22.9 Å². The lowest BCUT2D eigenvalue weighted by atomic mass is 9.99. The molecule has 0 unspecified atom stereocenters. The Morgan fingerprint density at radius 3 is 2.68 bits per heavy atom. The Morgan fingerprint density at radius 2 is 1.88 bits per heavy atom. The van der Waals surface area contributed by atoms with Crippen LogP contribution in [0.1, 0.15) is 11.1 Å². The largest absolute Gasteiger partial charge is 0.454 e. The van der Waals surface area contributed by atoms with Gasteiger partial charge in [0.25, 0.3) is 5.91 Å². The molecule has 7 nitrogen and oxygen atoms in total. The summed E-state index contributed by atoms with van der Waals surface area (Å²) in [5.74, 6) is 2.05. The van der Waals surface area contributed by atoms with Gasteiger partial charge in [-0.3, -0.25) is 4.79 Å². The molecular weight excluding hydrogens is 496 g/mol. The van der Waals surface area contributed by atoms with Gasteiger partial charge in [-0.05, 0) is 54.6 Å². The smallest absolute Gasteiger partial charge is 0.258 e. The van der Waals surface area contributed by atoms with Crippen LogP contribution in [0.3, 0.4) is 0 Å². The number of rotatable bonds is 4. The van der Waals surface area contributed by atoms with Crippen molar-refractivity contribution in [1.29, 1.82) is 0 Å². The highest BCUT2D eigenvalue weighted by Crippen LogP contribution is 2.41. The number of benzene rings is 3. The Kier molecular flexibility index (Phi) is 4.88. The van der Waals surface area contributed by atoms with Crippen LogP contribution in [-0.2, 0) is 11.8 Å². The number of anilines is 2. The highest BCUT2D eigenvalue weighted by Gasteiger charge is 2.29. The Balaban J connectivity index is 1.46. The quantitative estimate of drug-likeness (QED) is 0.351. The number of aryl methyl sites for hydroxylation is 1. The van der Waals surface area contributed by atoms with Gasteiger partial charge in [-0.25, -0.2) is 4.98 Å². The van der Waals surface area contributed by atoms with Gasteiger partial charge in [-0.1, -0.05) is 22.0 Å². The molecule has 1 aromatic heterocycles. The number of imidazole rings is 1. The van der Waals surface area contributed by atoms with E-state index in [9.17, 15) is 4.79 Å². The van der Waals surface area contributed by atoms with Crippen LogP contribution >= 0.6 is 15.9 Å². The normalized spacial score (nSPS) is 15.2. The molecule has 0 fully saturated rings. The summed E-state index contributed by atoms with van der Waals surface area (Å²) in [6.45, 7) is 0.185. The first-order chi connectivity index (χ1) is 16.6. The molecule has 0 spiro atoms. The van der Waals surface area contributed by atoms with Crippen LogP contribution in [0.5, 0.6) is 11.5 Å². The lowest BCUT2D eigenvalue weighted by Gasteiger charge is -2.16. The van der Waals surface area contributed by atoms with Gasteiger partial charge in [0.05, 0.1) is 17.0 Å². The molecule has 1 amide bonds. The predicted molar refractivity (Wildman–Crippen MR) is 134 cm³/mol. The van der Waals surface area contributed by atoms with Crippen LogP contribution in [0.15, 0.2) is 77.5 Å². The Labute approximate surface area is 204 Å². The maximum Gasteiger partial charge on any atom is 0.258 e. The summed E-state index contributed by atoms with van der Waals surface area (Å²) >= 11 is 3.48. The fourth-order valence-electron chi connectivity index (χ4n) is 4.22. The third-order valence-corrected chi connectivity index (χ3v) is 6.36. The van der Waals surface area contributed by atoms with Gasteiger partial charge in [0.1, 0.15) is 5.82 Å². The number of ether oxygens (including phenoxy) is 2. The van der Waals surface area contributed by atoms with Gasteiger partial charge < -0.3 is 24.7 Å². The summed E-state index contributed by atoms with van der Waals surface area (Å²) < 4.78 is 13.9. The van der Waals surface area contributed by atoms with Crippen LogP contribution in [0.25, 0.3) is 22.7 Å². The van der Waals surface area contributed by atoms with E-state index < -0.39 is 0 Å². The predicted octanol–water partition coefficient (Wildman–Crippen LogP) is 5.51. The first-order valence-corrected chi connectivity index (χ1v) is 11.5. The van der Waals surface area contributed by atoms with Crippen LogP contribution in [0.4, 0.5) is 11.4 Å². The Bertz CT molecular complexity index is 1470. The van der Waals surface area contributed by atoms with E-state index in [2.05, 4.69) is 31.5 Å². The maximum absolute atomic E-state index is 13.1. The van der Waals surface area contributed by atoms with Crippen molar-refractivity contribution in [2.75, 3.05) is 17.4 Å². The summed E-state index contributed by atoms with van der Waals surface area (Å²) in [5, 5.41) is 6.46. The van der Waals surface area contributed by atoms with E-state index in [0.717, 1.165) is 38.4 Å². The number of halogens is 1. The molecule has 2 aliphatic heterocycles. The van der Waals surface area contributed by atoms with Crippen molar-refractivity contribution >= 4 is 44.5 Å². The molecule has 2 N–H and O–H groups in total. The number of nitrogens with zero attached hydrogens (tertiary/aromatic N) is 2. The number of carbonyl (C=O) groups excluding carboxylic acids is 1. The number of carbonyl (C=O) groups is 1. The molecule has 0 bridgehead atoms. The van der Waals surface area contributed by atoms with Crippen molar-refractivity contribution in [2.45, 2.75) is 0 Å². The first-order valence-electron chi connectivity index (χ1n) is 10.7. The Morgan fingerprint density at radius 1 is 1.06 bits per heavy atom. The van der Waals surface area contributed by atoms with E-state index in [0.29, 0.717) is 22.8 Å². The minimum Gasteiger partial charge on any atom is -0.454 e. The molecule has 0 saturated heterocycles. The van der Waals surface area contributed by atoms with Crippen LogP contribution in [0.2, 0.25) is 0 Å². The molecule has 0 saturated carbocycles. The lowest BCUT2D eigenvalue weighted by molar-refractivity contribution is -0.110. The van der Waals surface area contributed by atoms with Crippen LogP contribution in [-0.4, -0.2) is 22.3 Å². The fraction of sp³-hybridized carbons (Fsp3) is 0.0769. The topological polar surface area (TPSA) is 77.4 Å². The monoisotopic (exact) mass is 514 g/mol. The van der Waals surface area contributed by atoms with Crippen molar-refractivity contribution in [3.05, 3.63) is 88.7 Å². The standard InChI is InChI=1S/C26H19BrN4O3/c1-31-11-10-28-25(31)15-2-6-18(7-3-15)29-24(16-4-9-21-22(12-16)34-14-33-21)23-19-8-5-17(27)13-20(19)30-26(23)32/h2-13,29H,14H2,1H3,(H,30,32). The maximum atomic E-state index is 13.1. The van der Waals surface area contributed by atoms with Gasteiger partial charge in [-0.2, -0.15) is 0 Å². The van der Waals surface area contributed by atoms with Gasteiger partial charge in [0.2, 0.25) is 6.79 Å². The Hall–Kier alpha value is -4.04. The van der Waals surface area contributed by atoms with Crippen molar-refractivity contribution in [1.82, 2.24) is 9.55 Å². The number of hydrogen-bond acceptors (Lipinski definition) is 5. The highest BCUT2D eigenvalue weighted by atomic mass is 79.9. The molecular formula is C26H19BrN4O3. The second kappa shape index (κ2) is 8.07. The molecule has 34 heavy (non-hydrogen) atoms. The molecule has 0 radical (unpaired) electrons. The van der Waals surface area contributed by atoms with E-state index in [1.165, 1.54) is 0 Å². The third kappa shape index (κ3) is 3.52. The molecule has 3 aromatic carbocycles. The SMILES string of the molecule is Cn1ccnc1-c1ccc(NC(=C2C(=O)Nc3cc(Br)ccc32)c2ccc3c(c2)OCO3)cc1. The van der Waals surface area contributed by atoms with Gasteiger partial charge in [-0.15, -0.1) is 0 Å². The van der Waals surface area contributed by atoms with Crippen LogP contribution in [0, 0.1) is 0 Å². The van der Waals surface area contributed by atoms with E-state index in [1.807, 2.05) is 78.5 Å². The number of hydrogen-bond donors (Lipinski definition) is 2. The zero-order valence-corrected chi connectivity index (χ0v) is 19.7. The van der Waals surface area contributed by atoms with E-state index >= 15 is 0 Å². The molecule has 6 rings (SSSR count). The molecule has 0 atom stereocenters. The molecule has 0 aliphatic carbocycles. The van der Waals surface area contributed by atoms with Crippen molar-refractivity contribution in [2.24, 2.45) is 7.05 Å². The summed E-state index contributed by atoms with van der Waals surface area (Å²) in [4.78, 5) is 17.6. The first kappa shape index (κ1) is 20.6.